The van der Waals surface area contributed by atoms with Crippen LogP contribution in [0.2, 0.25) is 0 Å². The second kappa shape index (κ2) is 11.2. The highest BCUT2D eigenvalue weighted by Gasteiger charge is 2.31. The molecule has 10 heteroatoms. The Morgan fingerprint density at radius 2 is 1.87 bits per heavy atom. The SMILES string of the molecule is COc1cc(C(=O)N2CC(OC)C2)ccc1Nc1cc2cc(-c3cnn(CC(CO)CO)c3)ccc2cn1. The summed E-state index contributed by atoms with van der Waals surface area (Å²) in [6, 6.07) is 13.4. The Morgan fingerprint density at radius 1 is 1.05 bits per heavy atom. The Kier molecular flexibility index (Phi) is 7.54. The number of pyridine rings is 1. The van der Waals surface area contributed by atoms with Crippen molar-refractivity contribution in [3.8, 4) is 16.9 Å². The van der Waals surface area contributed by atoms with Crippen molar-refractivity contribution in [3.05, 3.63) is 66.6 Å². The molecular weight excluding hydrogens is 486 g/mol. The normalized spacial score (nSPS) is 13.7. The molecule has 2 aromatic carbocycles. The van der Waals surface area contributed by atoms with Gasteiger partial charge in [-0.2, -0.15) is 5.10 Å². The second-order valence-corrected chi connectivity index (χ2v) is 9.42. The molecule has 2 aromatic heterocycles. The van der Waals surface area contributed by atoms with Gasteiger partial charge in [0.2, 0.25) is 0 Å². The first kappa shape index (κ1) is 25.7. The average Bonchev–Trinajstić information content (AvgIpc) is 3.39. The van der Waals surface area contributed by atoms with Crippen molar-refractivity contribution in [2.24, 2.45) is 5.92 Å². The number of hydrogen-bond donors (Lipinski definition) is 3. The van der Waals surface area contributed by atoms with E-state index in [-0.39, 0.29) is 31.1 Å². The number of aliphatic hydroxyl groups is 2. The van der Waals surface area contributed by atoms with Gasteiger partial charge < -0.3 is 29.9 Å². The molecule has 5 rings (SSSR count). The van der Waals surface area contributed by atoms with Gasteiger partial charge in [0, 0.05) is 74.8 Å². The van der Waals surface area contributed by atoms with Gasteiger partial charge in [-0.1, -0.05) is 12.1 Å². The van der Waals surface area contributed by atoms with Gasteiger partial charge >= 0.3 is 0 Å². The summed E-state index contributed by atoms with van der Waals surface area (Å²) < 4.78 is 12.6. The van der Waals surface area contributed by atoms with E-state index < -0.39 is 0 Å². The minimum absolute atomic E-state index is 0.0499. The summed E-state index contributed by atoms with van der Waals surface area (Å²) in [6.07, 6.45) is 5.58. The van der Waals surface area contributed by atoms with Crippen LogP contribution in [0.3, 0.4) is 0 Å². The molecule has 3 N–H and O–H groups in total. The zero-order valence-corrected chi connectivity index (χ0v) is 21.4. The van der Waals surface area contributed by atoms with E-state index in [2.05, 4.69) is 21.5 Å². The van der Waals surface area contributed by atoms with E-state index in [0.29, 0.717) is 42.5 Å². The minimum Gasteiger partial charge on any atom is -0.495 e. The second-order valence-electron chi connectivity index (χ2n) is 9.42. The molecule has 0 bridgehead atoms. The van der Waals surface area contributed by atoms with E-state index in [1.807, 2.05) is 30.5 Å². The molecule has 3 heterocycles. The maximum atomic E-state index is 12.8. The molecule has 0 radical (unpaired) electrons. The molecule has 1 saturated heterocycles. The van der Waals surface area contributed by atoms with Crippen LogP contribution < -0.4 is 10.1 Å². The summed E-state index contributed by atoms with van der Waals surface area (Å²) in [7, 11) is 3.23. The predicted octanol–water partition coefficient (Wildman–Crippen LogP) is 2.92. The summed E-state index contributed by atoms with van der Waals surface area (Å²) in [6.45, 7) is 1.43. The fourth-order valence-corrected chi connectivity index (χ4v) is 4.44. The molecule has 1 aliphatic heterocycles. The van der Waals surface area contributed by atoms with Crippen LogP contribution >= 0.6 is 0 Å². The van der Waals surface area contributed by atoms with Gasteiger partial charge in [0.1, 0.15) is 11.6 Å². The predicted molar refractivity (Wildman–Crippen MR) is 144 cm³/mol. The molecule has 1 aliphatic rings. The summed E-state index contributed by atoms with van der Waals surface area (Å²) in [5.74, 6) is 0.891. The number of anilines is 2. The largest absolute Gasteiger partial charge is 0.495 e. The van der Waals surface area contributed by atoms with Crippen molar-refractivity contribution < 1.29 is 24.5 Å². The lowest BCUT2D eigenvalue weighted by Gasteiger charge is -2.38. The molecule has 1 fully saturated rings. The van der Waals surface area contributed by atoms with E-state index >= 15 is 0 Å². The summed E-state index contributed by atoms with van der Waals surface area (Å²) >= 11 is 0. The van der Waals surface area contributed by atoms with Crippen molar-refractivity contribution in [3.63, 3.8) is 0 Å². The van der Waals surface area contributed by atoms with E-state index in [1.165, 1.54) is 0 Å². The zero-order valence-electron chi connectivity index (χ0n) is 21.4. The van der Waals surface area contributed by atoms with E-state index in [1.54, 1.807) is 48.3 Å². The van der Waals surface area contributed by atoms with Gasteiger partial charge in [-0.15, -0.1) is 0 Å². The Balaban J connectivity index is 1.34. The number of likely N-dealkylation sites (tertiary alicyclic amines) is 1. The van der Waals surface area contributed by atoms with Crippen LogP contribution in [0.4, 0.5) is 11.5 Å². The maximum Gasteiger partial charge on any atom is 0.254 e. The molecule has 0 spiro atoms. The third-order valence-corrected chi connectivity index (χ3v) is 6.83. The third kappa shape index (κ3) is 5.33. The number of fused-ring (bicyclic) bond motifs is 1. The number of aromatic nitrogens is 3. The van der Waals surface area contributed by atoms with Gasteiger partial charge in [-0.05, 0) is 41.3 Å². The number of nitrogens with one attached hydrogen (secondary N) is 1. The molecule has 198 valence electrons. The van der Waals surface area contributed by atoms with Gasteiger partial charge in [0.25, 0.3) is 5.91 Å². The number of rotatable bonds is 10. The Morgan fingerprint density at radius 3 is 2.61 bits per heavy atom. The Labute approximate surface area is 220 Å². The van der Waals surface area contributed by atoms with Crippen LogP contribution in [0.25, 0.3) is 21.9 Å². The molecule has 0 saturated carbocycles. The topological polar surface area (TPSA) is 122 Å². The first-order valence-electron chi connectivity index (χ1n) is 12.4. The number of amides is 1. The summed E-state index contributed by atoms with van der Waals surface area (Å²) in [4.78, 5) is 19.1. The Hall–Kier alpha value is -3.99. The monoisotopic (exact) mass is 517 g/mol. The van der Waals surface area contributed by atoms with Crippen LogP contribution in [0.5, 0.6) is 5.75 Å². The maximum absolute atomic E-state index is 12.8. The van der Waals surface area contributed by atoms with Crippen molar-refractivity contribution in [1.82, 2.24) is 19.7 Å². The molecular formula is C28H31N5O5. The Bertz CT molecular complexity index is 1430. The molecule has 10 nitrogen and oxygen atoms in total. The van der Waals surface area contributed by atoms with Gasteiger partial charge in [-0.25, -0.2) is 4.98 Å². The number of benzene rings is 2. The molecule has 0 unspecified atom stereocenters. The number of aliphatic hydroxyl groups excluding tert-OH is 2. The van der Waals surface area contributed by atoms with Crippen LogP contribution in [0.15, 0.2) is 61.1 Å². The fourth-order valence-electron chi connectivity index (χ4n) is 4.44. The standard InChI is InChI=1S/C28H31N5O5/c1-37-24-14-32(15-24)28(36)20-5-6-25(26(8-20)38-2)31-27-9-22-7-19(3-4-21(22)10-29-27)23-11-30-33(13-23)12-18(16-34)17-35/h3-11,13,18,24,34-35H,12,14-17H2,1-2H3,(H,29,31). The molecule has 4 aromatic rings. The number of ether oxygens (including phenoxy) is 2. The highest BCUT2D eigenvalue weighted by Crippen LogP contribution is 2.31. The lowest BCUT2D eigenvalue weighted by molar-refractivity contribution is -0.0192. The third-order valence-electron chi connectivity index (χ3n) is 6.83. The first-order valence-corrected chi connectivity index (χ1v) is 12.4. The zero-order chi connectivity index (χ0) is 26.6. The highest BCUT2D eigenvalue weighted by atomic mass is 16.5. The molecule has 0 atom stereocenters. The number of carbonyl (C=O) groups excluding carboxylic acids is 1. The van der Waals surface area contributed by atoms with Crippen molar-refractivity contribution >= 4 is 28.2 Å². The summed E-state index contributed by atoms with van der Waals surface area (Å²) in [5.41, 5.74) is 3.19. The van der Waals surface area contributed by atoms with Gasteiger partial charge in [0.05, 0.1) is 25.1 Å². The quantitative estimate of drug-likeness (QED) is 0.294. The lowest BCUT2D eigenvalue weighted by Crippen LogP contribution is -2.54. The fraction of sp³-hybridized carbons (Fsp3) is 0.321. The number of methoxy groups -OCH3 is 2. The molecule has 38 heavy (non-hydrogen) atoms. The molecule has 1 amide bonds. The number of hydrogen-bond acceptors (Lipinski definition) is 8. The molecule has 0 aliphatic carbocycles. The van der Waals surface area contributed by atoms with Crippen LogP contribution in [0.1, 0.15) is 10.4 Å². The van der Waals surface area contributed by atoms with Crippen molar-refractivity contribution in [2.45, 2.75) is 12.6 Å². The van der Waals surface area contributed by atoms with Gasteiger partial charge in [-0.3, -0.25) is 9.48 Å². The van der Waals surface area contributed by atoms with Crippen LogP contribution in [-0.4, -0.2) is 82.4 Å². The van der Waals surface area contributed by atoms with E-state index in [4.69, 9.17) is 9.47 Å². The van der Waals surface area contributed by atoms with Gasteiger partial charge in [0.15, 0.2) is 0 Å². The van der Waals surface area contributed by atoms with Crippen molar-refractivity contribution in [1.29, 1.82) is 0 Å². The van der Waals surface area contributed by atoms with E-state index in [9.17, 15) is 15.0 Å². The smallest absolute Gasteiger partial charge is 0.254 e. The highest BCUT2D eigenvalue weighted by molar-refractivity contribution is 5.96. The van der Waals surface area contributed by atoms with Crippen LogP contribution in [-0.2, 0) is 11.3 Å². The summed E-state index contributed by atoms with van der Waals surface area (Å²) in [5, 5.41) is 28.3. The lowest BCUT2D eigenvalue weighted by atomic mass is 10.0. The van der Waals surface area contributed by atoms with Crippen molar-refractivity contribution in [2.75, 3.05) is 45.8 Å². The number of nitrogens with zero attached hydrogens (tertiary/aromatic N) is 4. The van der Waals surface area contributed by atoms with E-state index in [0.717, 1.165) is 21.9 Å². The first-order chi connectivity index (χ1) is 18.5. The number of carbonyl (C=O) groups is 1. The minimum atomic E-state index is -0.248. The average molecular weight is 518 g/mol. The van der Waals surface area contributed by atoms with Crippen LogP contribution in [0, 0.1) is 5.92 Å².